The Bertz CT molecular complexity index is 849. The summed E-state index contributed by atoms with van der Waals surface area (Å²) < 4.78 is 23.4. The summed E-state index contributed by atoms with van der Waals surface area (Å²) in [5.74, 6) is -0.419. The summed E-state index contributed by atoms with van der Waals surface area (Å²) in [6.45, 7) is 0.229. The van der Waals surface area contributed by atoms with Gasteiger partial charge in [0.15, 0.2) is 6.79 Å². The van der Waals surface area contributed by atoms with E-state index in [1.807, 2.05) is 0 Å². The lowest BCUT2D eigenvalue weighted by Crippen LogP contribution is -2.13. The van der Waals surface area contributed by atoms with Crippen molar-refractivity contribution in [2.75, 3.05) is 12.1 Å². The molecule has 2 aromatic rings. The predicted octanol–water partition coefficient (Wildman–Crippen LogP) is 3.25. The number of benzene rings is 2. The molecule has 0 spiro atoms. The van der Waals surface area contributed by atoms with E-state index in [1.54, 1.807) is 0 Å². The van der Waals surface area contributed by atoms with E-state index in [-0.39, 0.29) is 19.1 Å². The largest absolute Gasteiger partial charge is 0.467 e. The van der Waals surface area contributed by atoms with Crippen LogP contribution in [0.25, 0.3) is 6.08 Å². The molecule has 2 aromatic carbocycles. The third-order valence-corrected chi connectivity index (χ3v) is 3.46. The van der Waals surface area contributed by atoms with Crippen LogP contribution in [0, 0.1) is 15.9 Å². The summed E-state index contributed by atoms with van der Waals surface area (Å²) in [4.78, 5) is 22.5. The first kappa shape index (κ1) is 16.6. The Morgan fingerprint density at radius 3 is 2.76 bits per heavy atom. The molecule has 1 heterocycles. The average molecular weight is 344 g/mol. The molecule has 0 saturated carbocycles. The Balaban J connectivity index is 1.82. The second-order valence-corrected chi connectivity index (χ2v) is 5.22. The molecule has 0 saturated heterocycles. The number of carbonyl (C=O) groups excluding carboxylic acids is 1. The molecule has 128 valence electrons. The van der Waals surface area contributed by atoms with Crippen molar-refractivity contribution in [2.24, 2.45) is 0 Å². The fourth-order valence-corrected chi connectivity index (χ4v) is 2.34. The van der Waals surface area contributed by atoms with E-state index in [2.05, 4.69) is 5.32 Å². The number of rotatable bonds is 4. The first-order valence-electron chi connectivity index (χ1n) is 7.29. The van der Waals surface area contributed by atoms with Gasteiger partial charge in [0.1, 0.15) is 11.6 Å². The van der Waals surface area contributed by atoms with Crippen LogP contribution in [0.1, 0.15) is 11.1 Å². The molecule has 0 radical (unpaired) electrons. The zero-order chi connectivity index (χ0) is 17.8. The minimum absolute atomic E-state index is 0.0351. The number of nitro groups is 1. The van der Waals surface area contributed by atoms with Crippen LogP contribution in [0.4, 0.5) is 15.8 Å². The van der Waals surface area contributed by atoms with Crippen LogP contribution in [0.5, 0.6) is 5.75 Å². The smallest absolute Gasteiger partial charge is 0.270 e. The summed E-state index contributed by atoms with van der Waals surface area (Å²) >= 11 is 0. The van der Waals surface area contributed by atoms with E-state index in [1.165, 1.54) is 48.6 Å². The molecule has 25 heavy (non-hydrogen) atoms. The van der Waals surface area contributed by atoms with Crippen molar-refractivity contribution in [3.05, 3.63) is 69.5 Å². The second kappa shape index (κ2) is 7.10. The zero-order valence-electron chi connectivity index (χ0n) is 12.9. The SMILES string of the molecule is O=C(/C=C/c1cc([N+](=O)[O-])cc2c1OCOC2)Nc1ccc(F)cc1. The first-order valence-corrected chi connectivity index (χ1v) is 7.29. The molecule has 1 aliphatic heterocycles. The van der Waals surface area contributed by atoms with Crippen molar-refractivity contribution in [2.45, 2.75) is 6.61 Å². The van der Waals surface area contributed by atoms with Crippen LogP contribution in [-0.2, 0) is 16.1 Å². The van der Waals surface area contributed by atoms with Crippen LogP contribution >= 0.6 is 0 Å². The molecule has 0 aromatic heterocycles. The van der Waals surface area contributed by atoms with Gasteiger partial charge >= 0.3 is 0 Å². The van der Waals surface area contributed by atoms with E-state index in [0.717, 1.165) is 0 Å². The van der Waals surface area contributed by atoms with Gasteiger partial charge in [0.25, 0.3) is 5.69 Å². The van der Waals surface area contributed by atoms with E-state index < -0.39 is 16.6 Å². The topological polar surface area (TPSA) is 90.7 Å². The van der Waals surface area contributed by atoms with Crippen molar-refractivity contribution in [3.8, 4) is 5.75 Å². The third kappa shape index (κ3) is 3.99. The van der Waals surface area contributed by atoms with Gasteiger partial charge in [0.05, 0.1) is 11.5 Å². The van der Waals surface area contributed by atoms with E-state index >= 15 is 0 Å². The van der Waals surface area contributed by atoms with E-state index in [9.17, 15) is 19.3 Å². The highest BCUT2D eigenvalue weighted by atomic mass is 19.1. The van der Waals surface area contributed by atoms with Crippen molar-refractivity contribution in [1.29, 1.82) is 0 Å². The van der Waals surface area contributed by atoms with Gasteiger partial charge in [-0.2, -0.15) is 0 Å². The number of hydrogen-bond acceptors (Lipinski definition) is 5. The highest BCUT2D eigenvalue weighted by Crippen LogP contribution is 2.33. The Hall–Kier alpha value is -3.26. The lowest BCUT2D eigenvalue weighted by atomic mass is 10.1. The van der Waals surface area contributed by atoms with Crippen molar-refractivity contribution < 1.29 is 23.6 Å². The minimum Gasteiger partial charge on any atom is -0.467 e. The highest BCUT2D eigenvalue weighted by molar-refractivity contribution is 6.02. The molecule has 0 bridgehead atoms. The highest BCUT2D eigenvalue weighted by Gasteiger charge is 2.19. The molecular formula is C17H13FN2O5. The van der Waals surface area contributed by atoms with Gasteiger partial charge in [-0.3, -0.25) is 14.9 Å². The van der Waals surface area contributed by atoms with Crippen LogP contribution in [0.3, 0.4) is 0 Å². The Kier molecular flexibility index (Phi) is 4.71. The van der Waals surface area contributed by atoms with Crippen molar-refractivity contribution >= 4 is 23.4 Å². The van der Waals surface area contributed by atoms with E-state index in [0.29, 0.717) is 22.6 Å². The molecule has 1 N–H and O–H groups in total. The van der Waals surface area contributed by atoms with Crippen molar-refractivity contribution in [3.63, 3.8) is 0 Å². The van der Waals surface area contributed by atoms with Crippen LogP contribution < -0.4 is 10.1 Å². The number of halogens is 1. The first-order chi connectivity index (χ1) is 12.0. The molecule has 0 atom stereocenters. The van der Waals surface area contributed by atoms with Gasteiger partial charge in [0, 0.05) is 35.0 Å². The summed E-state index contributed by atoms with van der Waals surface area (Å²) in [6.07, 6.45) is 2.65. The number of fused-ring (bicyclic) bond motifs is 1. The van der Waals surface area contributed by atoms with Gasteiger partial charge in [-0.1, -0.05) is 0 Å². The fraction of sp³-hybridized carbons (Fsp3) is 0.118. The Morgan fingerprint density at radius 2 is 2.04 bits per heavy atom. The molecule has 0 aliphatic carbocycles. The van der Waals surface area contributed by atoms with Gasteiger partial charge in [-0.25, -0.2) is 4.39 Å². The second-order valence-electron chi connectivity index (χ2n) is 5.22. The lowest BCUT2D eigenvalue weighted by molar-refractivity contribution is -0.385. The number of hydrogen-bond donors (Lipinski definition) is 1. The number of anilines is 1. The normalized spacial score (nSPS) is 13.2. The molecule has 0 unspecified atom stereocenters. The van der Waals surface area contributed by atoms with Crippen LogP contribution in [0.15, 0.2) is 42.5 Å². The number of nitrogens with one attached hydrogen (secondary N) is 1. The fourth-order valence-electron chi connectivity index (χ4n) is 2.34. The number of amides is 1. The van der Waals surface area contributed by atoms with Crippen LogP contribution in [-0.4, -0.2) is 17.6 Å². The van der Waals surface area contributed by atoms with Gasteiger partial charge in [-0.15, -0.1) is 0 Å². The summed E-state index contributed by atoms with van der Waals surface area (Å²) in [5.41, 5.74) is 1.26. The Labute approximate surface area is 141 Å². The number of carbonyl (C=O) groups is 1. The molecule has 1 aliphatic rings. The van der Waals surface area contributed by atoms with Gasteiger partial charge in [-0.05, 0) is 30.3 Å². The number of nitrogens with zero attached hydrogens (tertiary/aromatic N) is 1. The number of nitro benzene ring substituents is 1. The molecule has 8 heteroatoms. The predicted molar refractivity (Wildman–Crippen MR) is 87.4 cm³/mol. The number of non-ortho nitro benzene ring substituents is 1. The minimum atomic E-state index is -0.523. The lowest BCUT2D eigenvalue weighted by Gasteiger charge is -2.19. The maximum Gasteiger partial charge on any atom is 0.270 e. The molecule has 1 amide bonds. The molecule has 3 rings (SSSR count). The third-order valence-electron chi connectivity index (χ3n) is 3.46. The zero-order valence-corrected chi connectivity index (χ0v) is 12.9. The average Bonchev–Trinajstić information content (AvgIpc) is 2.61. The summed E-state index contributed by atoms with van der Waals surface area (Å²) in [6, 6.07) is 8.01. The standard InChI is InChI=1S/C17H13FN2O5/c18-13-2-4-14(5-3-13)19-16(21)6-1-11-7-15(20(22)23)8-12-9-24-10-25-17(11)12/h1-8H,9-10H2,(H,19,21)/b6-1+. The quantitative estimate of drug-likeness (QED) is 0.522. The maximum absolute atomic E-state index is 12.9. The molecule has 0 fully saturated rings. The van der Waals surface area contributed by atoms with Gasteiger partial charge < -0.3 is 14.8 Å². The Morgan fingerprint density at radius 1 is 1.28 bits per heavy atom. The van der Waals surface area contributed by atoms with Crippen molar-refractivity contribution in [1.82, 2.24) is 0 Å². The monoisotopic (exact) mass is 344 g/mol. The van der Waals surface area contributed by atoms with Gasteiger partial charge in [0.2, 0.25) is 5.91 Å². The van der Waals surface area contributed by atoms with E-state index in [4.69, 9.17) is 9.47 Å². The molecular weight excluding hydrogens is 331 g/mol. The number of ether oxygens (including phenoxy) is 2. The molecule has 7 nitrogen and oxygen atoms in total. The van der Waals surface area contributed by atoms with Crippen LogP contribution in [0.2, 0.25) is 0 Å². The summed E-state index contributed by atoms with van der Waals surface area (Å²) in [5, 5.41) is 13.6. The summed E-state index contributed by atoms with van der Waals surface area (Å²) in [7, 11) is 0. The maximum atomic E-state index is 12.9.